The monoisotopic (exact) mass is 284 g/mol. The number of piperidine rings is 1. The molecule has 0 unspecified atom stereocenters. The van der Waals surface area contributed by atoms with E-state index in [1.807, 2.05) is 27.7 Å². The van der Waals surface area contributed by atoms with E-state index < -0.39 is 0 Å². The van der Waals surface area contributed by atoms with Gasteiger partial charge in [0.2, 0.25) is 5.91 Å². The normalized spacial score (nSPS) is 16.7. The quantitative estimate of drug-likeness (QED) is 0.721. The number of carbonyl (C=O) groups is 1. The van der Waals surface area contributed by atoms with E-state index in [9.17, 15) is 4.79 Å². The van der Waals surface area contributed by atoms with Crippen LogP contribution >= 0.6 is 0 Å². The molecule has 1 saturated heterocycles. The summed E-state index contributed by atoms with van der Waals surface area (Å²) < 4.78 is 0. The zero-order chi connectivity index (χ0) is 15.4. The van der Waals surface area contributed by atoms with Gasteiger partial charge in [0.15, 0.2) is 0 Å². The van der Waals surface area contributed by atoms with Gasteiger partial charge in [-0.05, 0) is 65.1 Å². The highest BCUT2D eigenvalue weighted by Gasteiger charge is 2.16. The largest absolute Gasteiger partial charge is 0.354 e. The smallest absolute Gasteiger partial charge is 0.220 e. The number of rotatable bonds is 7. The van der Waals surface area contributed by atoms with E-state index in [0.717, 1.165) is 18.8 Å². The van der Waals surface area contributed by atoms with Gasteiger partial charge in [-0.2, -0.15) is 0 Å². The second-order valence-corrected chi connectivity index (χ2v) is 5.87. The summed E-state index contributed by atoms with van der Waals surface area (Å²) >= 11 is 0. The first-order chi connectivity index (χ1) is 9.61. The summed E-state index contributed by atoms with van der Waals surface area (Å²) in [5, 5.41) is 2.94. The minimum atomic E-state index is 0.203. The summed E-state index contributed by atoms with van der Waals surface area (Å²) in [5.41, 5.74) is 0. The van der Waals surface area contributed by atoms with Crippen LogP contribution in [0.25, 0.3) is 0 Å². The molecule has 0 bridgehead atoms. The summed E-state index contributed by atoms with van der Waals surface area (Å²) in [5.74, 6) is 1.16. The van der Waals surface area contributed by atoms with Gasteiger partial charge in [0.05, 0.1) is 0 Å². The van der Waals surface area contributed by atoms with Crippen LogP contribution in [-0.2, 0) is 4.79 Å². The van der Waals surface area contributed by atoms with Gasteiger partial charge in [-0.1, -0.05) is 27.2 Å². The van der Waals surface area contributed by atoms with Crippen molar-refractivity contribution in [1.82, 2.24) is 10.2 Å². The van der Waals surface area contributed by atoms with Crippen LogP contribution < -0.4 is 5.32 Å². The number of unbranched alkanes of at least 4 members (excludes halogenated alkanes) is 1. The van der Waals surface area contributed by atoms with Gasteiger partial charge in [0.25, 0.3) is 0 Å². The van der Waals surface area contributed by atoms with Crippen molar-refractivity contribution in [1.29, 1.82) is 0 Å². The molecule has 120 valence electrons. The molecule has 3 nitrogen and oxygen atoms in total. The highest BCUT2D eigenvalue weighted by molar-refractivity contribution is 5.76. The molecule has 1 N–H and O–H groups in total. The van der Waals surface area contributed by atoms with Gasteiger partial charge < -0.3 is 10.2 Å². The maximum absolute atomic E-state index is 11.5. The minimum absolute atomic E-state index is 0.203. The third-order valence-electron chi connectivity index (χ3n) is 3.86. The molecule has 0 aliphatic carbocycles. The van der Waals surface area contributed by atoms with E-state index in [1.165, 1.54) is 38.9 Å². The lowest BCUT2D eigenvalue weighted by Crippen LogP contribution is -2.34. The van der Waals surface area contributed by atoms with Crippen LogP contribution in [0.4, 0.5) is 0 Å². The molecule has 0 aromatic rings. The fourth-order valence-electron chi connectivity index (χ4n) is 2.63. The van der Waals surface area contributed by atoms with Crippen LogP contribution in [0.3, 0.4) is 0 Å². The van der Waals surface area contributed by atoms with Crippen molar-refractivity contribution < 1.29 is 4.79 Å². The second kappa shape index (κ2) is 12.2. The van der Waals surface area contributed by atoms with E-state index in [2.05, 4.69) is 17.1 Å². The third kappa shape index (κ3) is 9.35. The molecule has 1 aliphatic rings. The molecule has 0 aromatic carbocycles. The number of carbonyl (C=O) groups excluding carboxylic acids is 1. The van der Waals surface area contributed by atoms with Crippen molar-refractivity contribution in [3.63, 3.8) is 0 Å². The predicted molar refractivity (Wildman–Crippen MR) is 87.9 cm³/mol. The topological polar surface area (TPSA) is 32.3 Å². The van der Waals surface area contributed by atoms with E-state index in [1.54, 1.807) is 0 Å². The first-order valence-corrected chi connectivity index (χ1v) is 8.63. The third-order valence-corrected chi connectivity index (χ3v) is 3.86. The van der Waals surface area contributed by atoms with Crippen molar-refractivity contribution in [2.24, 2.45) is 5.92 Å². The van der Waals surface area contributed by atoms with Gasteiger partial charge in [-0.15, -0.1) is 0 Å². The maximum atomic E-state index is 11.5. The number of amides is 1. The van der Waals surface area contributed by atoms with Gasteiger partial charge in [0, 0.05) is 12.5 Å². The Labute approximate surface area is 126 Å². The Morgan fingerprint density at radius 3 is 2.30 bits per heavy atom. The Balaban J connectivity index is 0.00000172. The standard InChI is InChI=1S/C15H30N2O.C2H6/c1-4-14-8-11-17(12-9-14)10-6-5-7-15(18)16-13(2)3;1-2/h13-14H,4-12H2,1-3H3,(H,16,18);1-2H3. The SMILES string of the molecule is CC.CCC1CCN(CCCCC(=O)NC(C)C)CC1. The molecule has 1 amide bonds. The van der Waals surface area contributed by atoms with Crippen molar-refractivity contribution >= 4 is 5.91 Å². The number of hydrogen-bond acceptors (Lipinski definition) is 2. The average Bonchev–Trinajstić information content (AvgIpc) is 2.45. The molecular weight excluding hydrogens is 248 g/mol. The lowest BCUT2D eigenvalue weighted by atomic mass is 9.94. The number of nitrogens with zero attached hydrogens (tertiary/aromatic N) is 1. The maximum Gasteiger partial charge on any atom is 0.220 e. The molecule has 0 atom stereocenters. The van der Waals surface area contributed by atoms with Crippen molar-refractivity contribution in [2.75, 3.05) is 19.6 Å². The zero-order valence-corrected chi connectivity index (χ0v) is 14.4. The van der Waals surface area contributed by atoms with Crippen LogP contribution in [0.15, 0.2) is 0 Å². The lowest BCUT2D eigenvalue weighted by Gasteiger charge is -2.31. The Bertz CT molecular complexity index is 233. The molecule has 1 aliphatic heterocycles. The van der Waals surface area contributed by atoms with Crippen LogP contribution in [0, 0.1) is 5.92 Å². The Morgan fingerprint density at radius 2 is 1.80 bits per heavy atom. The fourth-order valence-corrected chi connectivity index (χ4v) is 2.63. The first-order valence-electron chi connectivity index (χ1n) is 8.63. The van der Waals surface area contributed by atoms with Crippen LogP contribution in [-0.4, -0.2) is 36.5 Å². The van der Waals surface area contributed by atoms with E-state index in [0.29, 0.717) is 6.42 Å². The van der Waals surface area contributed by atoms with E-state index in [-0.39, 0.29) is 11.9 Å². The summed E-state index contributed by atoms with van der Waals surface area (Å²) in [6, 6.07) is 0.269. The molecule has 0 saturated carbocycles. The molecule has 0 aromatic heterocycles. The Morgan fingerprint density at radius 1 is 1.20 bits per heavy atom. The molecule has 20 heavy (non-hydrogen) atoms. The van der Waals surface area contributed by atoms with Crippen molar-refractivity contribution in [2.45, 2.75) is 79.2 Å². The highest BCUT2D eigenvalue weighted by Crippen LogP contribution is 2.20. The Kier molecular flexibility index (Phi) is 11.8. The minimum Gasteiger partial charge on any atom is -0.354 e. The molecule has 0 spiro atoms. The van der Waals surface area contributed by atoms with Crippen LogP contribution in [0.2, 0.25) is 0 Å². The van der Waals surface area contributed by atoms with Gasteiger partial charge >= 0.3 is 0 Å². The number of likely N-dealkylation sites (tertiary alicyclic amines) is 1. The second-order valence-electron chi connectivity index (χ2n) is 5.87. The van der Waals surface area contributed by atoms with Crippen LogP contribution in [0.1, 0.15) is 73.1 Å². The van der Waals surface area contributed by atoms with Crippen molar-refractivity contribution in [3.8, 4) is 0 Å². The highest BCUT2D eigenvalue weighted by atomic mass is 16.1. The van der Waals surface area contributed by atoms with Crippen molar-refractivity contribution in [3.05, 3.63) is 0 Å². The molecule has 1 heterocycles. The van der Waals surface area contributed by atoms with E-state index >= 15 is 0 Å². The average molecular weight is 284 g/mol. The van der Waals surface area contributed by atoms with Gasteiger partial charge in [-0.3, -0.25) is 4.79 Å². The summed E-state index contributed by atoms with van der Waals surface area (Å²) in [6.45, 7) is 14.0. The molecule has 0 radical (unpaired) electrons. The molecular formula is C17H36N2O. The Hall–Kier alpha value is -0.570. The first kappa shape index (κ1) is 19.4. The lowest BCUT2D eigenvalue weighted by molar-refractivity contribution is -0.121. The number of nitrogens with one attached hydrogen (secondary N) is 1. The fraction of sp³-hybridized carbons (Fsp3) is 0.941. The van der Waals surface area contributed by atoms with Gasteiger partial charge in [-0.25, -0.2) is 0 Å². The summed E-state index contributed by atoms with van der Waals surface area (Å²) in [4.78, 5) is 14.0. The predicted octanol–water partition coefficient (Wildman–Crippen LogP) is 3.83. The number of hydrogen-bond donors (Lipinski definition) is 1. The zero-order valence-electron chi connectivity index (χ0n) is 14.4. The molecule has 1 rings (SSSR count). The summed E-state index contributed by atoms with van der Waals surface area (Å²) in [7, 11) is 0. The van der Waals surface area contributed by atoms with Crippen LogP contribution in [0.5, 0.6) is 0 Å². The molecule has 3 heteroatoms. The molecule has 1 fully saturated rings. The van der Waals surface area contributed by atoms with E-state index in [4.69, 9.17) is 0 Å². The van der Waals surface area contributed by atoms with Gasteiger partial charge in [0.1, 0.15) is 0 Å². The summed E-state index contributed by atoms with van der Waals surface area (Å²) in [6.07, 6.45) is 6.93.